The molecule has 1 N–H and O–H groups in total. The van der Waals surface area contributed by atoms with Crippen LogP contribution in [-0.4, -0.2) is 13.1 Å². The largest absolute Gasteiger partial charge is 0.367 e. The zero-order valence-electron chi connectivity index (χ0n) is 12.0. The maximum Gasteiger partial charge on any atom is 0.0968 e. The summed E-state index contributed by atoms with van der Waals surface area (Å²) in [5.41, 5.74) is 2.15. The minimum atomic E-state index is -0.0641. The number of benzene rings is 2. The molecule has 0 aliphatic rings. The van der Waals surface area contributed by atoms with Gasteiger partial charge in [0, 0.05) is 21.6 Å². The van der Waals surface area contributed by atoms with Crippen molar-refractivity contribution in [2.45, 2.75) is 19.6 Å². The molecule has 0 spiro atoms. The molecule has 2 aromatic rings. The van der Waals surface area contributed by atoms with Crippen molar-refractivity contribution < 1.29 is 4.74 Å². The summed E-state index contributed by atoms with van der Waals surface area (Å²) in [6, 6.07) is 15.9. The van der Waals surface area contributed by atoms with Crippen LogP contribution < -0.4 is 5.32 Å². The van der Waals surface area contributed by atoms with Gasteiger partial charge in [-0.15, -0.1) is 0 Å². The van der Waals surface area contributed by atoms with Crippen molar-refractivity contribution in [3.63, 3.8) is 0 Å². The summed E-state index contributed by atoms with van der Waals surface area (Å²) < 4.78 is 7.16. The SMILES string of the molecule is CCNCC(OCc1ccccc1Br)c1ccccc1Cl. The van der Waals surface area contributed by atoms with Crippen LogP contribution in [0.15, 0.2) is 53.0 Å². The fourth-order valence-electron chi connectivity index (χ4n) is 2.08. The Morgan fingerprint density at radius 3 is 2.57 bits per heavy atom. The smallest absolute Gasteiger partial charge is 0.0968 e. The van der Waals surface area contributed by atoms with Crippen molar-refractivity contribution in [3.05, 3.63) is 69.2 Å². The highest BCUT2D eigenvalue weighted by atomic mass is 79.9. The van der Waals surface area contributed by atoms with E-state index in [1.807, 2.05) is 42.5 Å². The molecular formula is C17H19BrClNO. The molecule has 2 nitrogen and oxygen atoms in total. The van der Waals surface area contributed by atoms with Crippen LogP contribution in [0.4, 0.5) is 0 Å². The van der Waals surface area contributed by atoms with E-state index in [9.17, 15) is 0 Å². The van der Waals surface area contributed by atoms with E-state index in [1.165, 1.54) is 0 Å². The quantitative estimate of drug-likeness (QED) is 0.745. The average Bonchev–Trinajstić information content (AvgIpc) is 2.50. The fraction of sp³-hybridized carbons (Fsp3) is 0.294. The standard InChI is InChI=1S/C17H19BrClNO/c1-2-20-11-17(14-8-4-6-10-16(14)19)21-12-13-7-3-5-9-15(13)18/h3-10,17,20H,2,11-12H2,1H3. The summed E-state index contributed by atoms with van der Waals surface area (Å²) in [5, 5.41) is 4.07. The molecule has 0 heterocycles. The van der Waals surface area contributed by atoms with Crippen LogP contribution in [0.3, 0.4) is 0 Å². The van der Waals surface area contributed by atoms with Gasteiger partial charge in [0.15, 0.2) is 0 Å². The van der Waals surface area contributed by atoms with Crippen molar-refractivity contribution >= 4 is 27.5 Å². The zero-order valence-corrected chi connectivity index (χ0v) is 14.3. The predicted molar refractivity (Wildman–Crippen MR) is 91.7 cm³/mol. The number of rotatable bonds is 7. The van der Waals surface area contributed by atoms with Gasteiger partial charge in [-0.1, -0.05) is 70.9 Å². The molecule has 0 saturated carbocycles. The first-order valence-corrected chi connectivity index (χ1v) is 8.19. The lowest BCUT2D eigenvalue weighted by atomic mass is 10.1. The van der Waals surface area contributed by atoms with Gasteiger partial charge in [-0.3, -0.25) is 0 Å². The first kappa shape index (κ1) is 16.5. The molecule has 0 fully saturated rings. The molecule has 4 heteroatoms. The van der Waals surface area contributed by atoms with Crippen molar-refractivity contribution in [1.82, 2.24) is 5.32 Å². The lowest BCUT2D eigenvalue weighted by Crippen LogP contribution is -2.23. The summed E-state index contributed by atoms with van der Waals surface area (Å²) in [4.78, 5) is 0. The van der Waals surface area contributed by atoms with Gasteiger partial charge in [0.1, 0.15) is 0 Å². The van der Waals surface area contributed by atoms with Gasteiger partial charge in [-0.25, -0.2) is 0 Å². The van der Waals surface area contributed by atoms with E-state index < -0.39 is 0 Å². The molecule has 0 aromatic heterocycles. The molecule has 0 radical (unpaired) electrons. The van der Waals surface area contributed by atoms with E-state index in [4.69, 9.17) is 16.3 Å². The Balaban J connectivity index is 2.10. The minimum Gasteiger partial charge on any atom is -0.367 e. The average molecular weight is 369 g/mol. The van der Waals surface area contributed by atoms with Gasteiger partial charge in [-0.05, 0) is 24.2 Å². The molecule has 0 aliphatic heterocycles. The van der Waals surface area contributed by atoms with Crippen molar-refractivity contribution in [2.24, 2.45) is 0 Å². The van der Waals surface area contributed by atoms with E-state index >= 15 is 0 Å². The number of hydrogen-bond acceptors (Lipinski definition) is 2. The van der Waals surface area contributed by atoms with Crippen molar-refractivity contribution in [1.29, 1.82) is 0 Å². The molecule has 2 rings (SSSR count). The normalized spacial score (nSPS) is 12.3. The molecule has 21 heavy (non-hydrogen) atoms. The van der Waals surface area contributed by atoms with Crippen LogP contribution in [0.25, 0.3) is 0 Å². The van der Waals surface area contributed by atoms with Crippen molar-refractivity contribution in [2.75, 3.05) is 13.1 Å². The molecular weight excluding hydrogens is 350 g/mol. The van der Waals surface area contributed by atoms with Crippen LogP contribution in [0.2, 0.25) is 5.02 Å². The Morgan fingerprint density at radius 1 is 1.14 bits per heavy atom. The van der Waals surface area contributed by atoms with Crippen molar-refractivity contribution in [3.8, 4) is 0 Å². The zero-order chi connectivity index (χ0) is 15.1. The fourth-order valence-corrected chi connectivity index (χ4v) is 2.73. The molecule has 2 aromatic carbocycles. The Bertz CT molecular complexity index is 576. The second-order valence-corrected chi connectivity index (χ2v) is 5.98. The lowest BCUT2D eigenvalue weighted by Gasteiger charge is -2.20. The first-order chi connectivity index (χ1) is 10.2. The van der Waals surface area contributed by atoms with Gasteiger partial charge in [-0.2, -0.15) is 0 Å². The number of ether oxygens (including phenoxy) is 1. The van der Waals surface area contributed by atoms with Gasteiger partial charge >= 0.3 is 0 Å². The summed E-state index contributed by atoms with van der Waals surface area (Å²) >= 11 is 9.84. The number of nitrogens with one attached hydrogen (secondary N) is 1. The summed E-state index contributed by atoms with van der Waals surface area (Å²) in [7, 11) is 0. The van der Waals surface area contributed by atoms with E-state index in [0.717, 1.165) is 33.7 Å². The van der Waals surface area contributed by atoms with Gasteiger partial charge in [0.05, 0.1) is 12.7 Å². The third kappa shape index (κ3) is 4.82. The monoisotopic (exact) mass is 367 g/mol. The van der Waals surface area contributed by atoms with Crippen LogP contribution in [0.1, 0.15) is 24.2 Å². The molecule has 0 aliphatic carbocycles. The number of hydrogen-bond donors (Lipinski definition) is 1. The van der Waals surface area contributed by atoms with E-state index in [2.05, 4.69) is 34.2 Å². The maximum atomic E-state index is 6.29. The molecule has 1 atom stereocenters. The van der Waals surface area contributed by atoms with Crippen LogP contribution in [0.5, 0.6) is 0 Å². The highest BCUT2D eigenvalue weighted by molar-refractivity contribution is 9.10. The molecule has 112 valence electrons. The van der Waals surface area contributed by atoms with Crippen LogP contribution in [0, 0.1) is 0 Å². The number of halogens is 2. The van der Waals surface area contributed by atoms with Gasteiger partial charge in [0.2, 0.25) is 0 Å². The second kappa shape index (κ2) is 8.54. The Morgan fingerprint density at radius 2 is 1.86 bits per heavy atom. The Hall–Kier alpha value is -0.870. The minimum absolute atomic E-state index is 0.0641. The molecule has 0 bridgehead atoms. The molecule has 0 saturated heterocycles. The first-order valence-electron chi connectivity index (χ1n) is 7.02. The molecule has 1 unspecified atom stereocenters. The third-order valence-corrected chi connectivity index (χ3v) is 4.35. The number of likely N-dealkylation sites (N-methyl/N-ethyl adjacent to an activating group) is 1. The van der Waals surface area contributed by atoms with E-state index in [-0.39, 0.29) is 6.10 Å². The predicted octanol–water partition coefficient (Wildman–Crippen LogP) is 4.97. The highest BCUT2D eigenvalue weighted by Crippen LogP contribution is 2.27. The van der Waals surface area contributed by atoms with Gasteiger partial charge in [0.25, 0.3) is 0 Å². The summed E-state index contributed by atoms with van der Waals surface area (Å²) in [6.07, 6.45) is -0.0641. The lowest BCUT2D eigenvalue weighted by molar-refractivity contribution is 0.0399. The highest BCUT2D eigenvalue weighted by Gasteiger charge is 2.15. The Kier molecular flexibility index (Phi) is 6.71. The third-order valence-electron chi connectivity index (χ3n) is 3.23. The topological polar surface area (TPSA) is 21.3 Å². The van der Waals surface area contributed by atoms with E-state index in [0.29, 0.717) is 6.61 Å². The second-order valence-electron chi connectivity index (χ2n) is 4.72. The van der Waals surface area contributed by atoms with E-state index in [1.54, 1.807) is 0 Å². The van der Waals surface area contributed by atoms with Crippen LogP contribution in [-0.2, 0) is 11.3 Å². The van der Waals surface area contributed by atoms with Gasteiger partial charge < -0.3 is 10.1 Å². The van der Waals surface area contributed by atoms with Crippen LogP contribution >= 0.6 is 27.5 Å². The molecule has 0 amide bonds. The summed E-state index contributed by atoms with van der Waals surface area (Å²) in [5.74, 6) is 0. The Labute approximate surface area is 139 Å². The summed E-state index contributed by atoms with van der Waals surface area (Å²) in [6.45, 7) is 4.27. The maximum absolute atomic E-state index is 6.29.